The van der Waals surface area contributed by atoms with E-state index >= 15 is 0 Å². The summed E-state index contributed by atoms with van der Waals surface area (Å²) in [6, 6.07) is 5.51. The van der Waals surface area contributed by atoms with Gasteiger partial charge in [-0.3, -0.25) is 10.1 Å². The van der Waals surface area contributed by atoms with E-state index in [9.17, 15) is 19.7 Å². The lowest BCUT2D eigenvalue weighted by Crippen LogP contribution is -2.27. The Morgan fingerprint density at radius 3 is 2.39 bits per heavy atom. The molecule has 0 saturated carbocycles. The van der Waals surface area contributed by atoms with Gasteiger partial charge in [0.15, 0.2) is 6.61 Å². The van der Waals surface area contributed by atoms with Crippen molar-refractivity contribution in [3.63, 3.8) is 0 Å². The Hall–Kier alpha value is -3.57. The molecule has 0 spiro atoms. The second-order valence-corrected chi connectivity index (χ2v) is 6.92. The molecule has 150 valence electrons. The third-order valence-electron chi connectivity index (χ3n) is 3.19. The molecule has 2 aromatic rings. The second kappa shape index (κ2) is 8.88. The van der Waals surface area contributed by atoms with Gasteiger partial charge in [0.05, 0.1) is 11.3 Å². The van der Waals surface area contributed by atoms with Gasteiger partial charge in [0.25, 0.3) is 5.69 Å². The Kier molecular flexibility index (Phi) is 6.58. The Bertz CT molecular complexity index is 842. The smallest absolute Gasteiger partial charge is 0.429 e. The van der Waals surface area contributed by atoms with Crippen LogP contribution in [-0.4, -0.2) is 37.4 Å². The zero-order valence-electron chi connectivity index (χ0n) is 15.5. The molecule has 28 heavy (non-hydrogen) atoms. The van der Waals surface area contributed by atoms with Crippen LogP contribution in [0.15, 0.2) is 24.3 Å². The maximum Gasteiger partial charge on any atom is 0.509 e. The van der Waals surface area contributed by atoms with E-state index < -0.39 is 17.0 Å². The number of benzene rings is 1. The zero-order valence-corrected chi connectivity index (χ0v) is 15.5. The highest BCUT2D eigenvalue weighted by Crippen LogP contribution is 2.18. The molecule has 0 aliphatic heterocycles. The van der Waals surface area contributed by atoms with Gasteiger partial charge < -0.3 is 14.3 Å². The minimum atomic E-state index is -1.01. The van der Waals surface area contributed by atoms with Gasteiger partial charge in [0.2, 0.25) is 5.82 Å². The van der Waals surface area contributed by atoms with Crippen LogP contribution in [0.1, 0.15) is 38.6 Å². The monoisotopic (exact) mass is 393 g/mol. The number of tetrazole rings is 1. The number of hydrogen-bond donors (Lipinski definition) is 0. The van der Waals surface area contributed by atoms with E-state index in [-0.39, 0.29) is 36.6 Å². The number of aromatic nitrogens is 4. The summed E-state index contributed by atoms with van der Waals surface area (Å²) < 4.78 is 9.77. The van der Waals surface area contributed by atoms with Crippen molar-refractivity contribution in [2.75, 3.05) is 0 Å². The van der Waals surface area contributed by atoms with Crippen molar-refractivity contribution >= 4 is 17.8 Å². The molecule has 0 N–H and O–H groups in total. The van der Waals surface area contributed by atoms with Gasteiger partial charge >= 0.3 is 12.1 Å². The molecule has 1 aromatic heterocycles. The van der Waals surface area contributed by atoms with Gasteiger partial charge in [-0.15, -0.1) is 5.10 Å². The van der Waals surface area contributed by atoms with Gasteiger partial charge in [-0.2, -0.15) is 0 Å². The summed E-state index contributed by atoms with van der Waals surface area (Å²) in [5.41, 5.74) is 0.200. The summed E-state index contributed by atoms with van der Waals surface area (Å²) in [5, 5.41) is 21.1. The highest BCUT2D eigenvalue weighted by molar-refractivity contribution is 5.70. The molecule has 1 aromatic carbocycles. The van der Waals surface area contributed by atoms with E-state index in [1.807, 2.05) is 20.8 Å². The Balaban J connectivity index is 1.81. The first-order chi connectivity index (χ1) is 13.1. The van der Waals surface area contributed by atoms with Crippen LogP contribution in [-0.2, 0) is 27.5 Å². The van der Waals surface area contributed by atoms with Crippen LogP contribution in [0, 0.1) is 15.5 Å². The average molecular weight is 393 g/mol. The molecule has 0 atom stereocenters. The lowest BCUT2D eigenvalue weighted by atomic mass is 9.93. The quantitative estimate of drug-likeness (QED) is 0.295. The first-order valence-electron chi connectivity index (χ1n) is 8.15. The molecular formula is C16H19N5O7. The number of nitro groups is 1. The van der Waals surface area contributed by atoms with Crippen molar-refractivity contribution in [1.29, 1.82) is 0 Å². The lowest BCUT2D eigenvalue weighted by molar-refractivity contribution is -0.384. The molecule has 0 radical (unpaired) electrons. The SMILES string of the molecule is CC(C)(C)CC(=O)On1nnnc1COC(=O)OCc1ccc([N+](=O)[O-])cc1. The third kappa shape index (κ3) is 6.63. The van der Waals surface area contributed by atoms with Crippen molar-refractivity contribution in [3.8, 4) is 0 Å². The fourth-order valence-electron chi connectivity index (χ4n) is 1.94. The molecule has 0 saturated heterocycles. The molecule has 0 aliphatic rings. The molecule has 0 unspecified atom stereocenters. The number of nitro benzene ring substituents is 1. The number of rotatable bonds is 7. The summed E-state index contributed by atoms with van der Waals surface area (Å²) in [5.74, 6) is -0.545. The van der Waals surface area contributed by atoms with Crippen LogP contribution in [0.25, 0.3) is 0 Å². The van der Waals surface area contributed by atoms with Gasteiger partial charge in [0.1, 0.15) is 6.61 Å². The van der Waals surface area contributed by atoms with Crippen LogP contribution in [0.5, 0.6) is 0 Å². The van der Waals surface area contributed by atoms with Crippen LogP contribution >= 0.6 is 0 Å². The third-order valence-corrected chi connectivity index (χ3v) is 3.19. The van der Waals surface area contributed by atoms with Crippen LogP contribution in [0.3, 0.4) is 0 Å². The first-order valence-corrected chi connectivity index (χ1v) is 8.15. The topological polar surface area (TPSA) is 149 Å². The van der Waals surface area contributed by atoms with E-state index in [1.165, 1.54) is 24.3 Å². The highest BCUT2D eigenvalue weighted by atomic mass is 16.7. The van der Waals surface area contributed by atoms with Crippen molar-refractivity contribution in [1.82, 2.24) is 20.4 Å². The number of carbonyl (C=O) groups is 2. The van der Waals surface area contributed by atoms with Crippen molar-refractivity contribution < 1.29 is 28.8 Å². The van der Waals surface area contributed by atoms with Gasteiger partial charge in [-0.1, -0.05) is 20.8 Å². The number of nitrogens with zero attached hydrogens (tertiary/aromatic N) is 5. The van der Waals surface area contributed by atoms with E-state index in [0.29, 0.717) is 5.56 Å². The summed E-state index contributed by atoms with van der Waals surface area (Å²) in [6.45, 7) is 5.10. The number of hydrogen-bond acceptors (Lipinski definition) is 10. The molecule has 0 bridgehead atoms. The molecule has 12 heteroatoms. The zero-order chi connectivity index (χ0) is 20.7. The maximum atomic E-state index is 11.8. The van der Waals surface area contributed by atoms with Crippen LogP contribution in [0.4, 0.5) is 10.5 Å². The predicted octanol–water partition coefficient (Wildman–Crippen LogP) is 1.83. The van der Waals surface area contributed by atoms with Crippen molar-refractivity contribution in [3.05, 3.63) is 45.8 Å². The molecular weight excluding hydrogens is 374 g/mol. The molecule has 0 fully saturated rings. The minimum absolute atomic E-state index is 0.00505. The summed E-state index contributed by atoms with van der Waals surface area (Å²) >= 11 is 0. The lowest BCUT2D eigenvalue weighted by Gasteiger charge is -2.15. The summed E-state index contributed by atoms with van der Waals surface area (Å²) in [4.78, 5) is 39.3. The van der Waals surface area contributed by atoms with Gasteiger partial charge in [0, 0.05) is 12.1 Å². The fourth-order valence-corrected chi connectivity index (χ4v) is 1.94. The molecule has 12 nitrogen and oxygen atoms in total. The van der Waals surface area contributed by atoms with Gasteiger partial charge in [-0.05, 0) is 38.4 Å². The largest absolute Gasteiger partial charge is 0.509 e. The molecule has 0 amide bonds. The molecule has 0 aliphatic carbocycles. The Morgan fingerprint density at radius 2 is 1.79 bits per heavy atom. The Morgan fingerprint density at radius 1 is 1.14 bits per heavy atom. The van der Waals surface area contributed by atoms with Crippen LogP contribution in [0.2, 0.25) is 0 Å². The van der Waals surface area contributed by atoms with E-state index in [1.54, 1.807) is 0 Å². The van der Waals surface area contributed by atoms with E-state index in [0.717, 1.165) is 4.85 Å². The van der Waals surface area contributed by atoms with Crippen molar-refractivity contribution in [2.45, 2.75) is 40.4 Å². The van der Waals surface area contributed by atoms with Gasteiger partial charge in [-0.25, -0.2) is 9.59 Å². The van der Waals surface area contributed by atoms with Crippen molar-refractivity contribution in [2.24, 2.45) is 5.41 Å². The highest BCUT2D eigenvalue weighted by Gasteiger charge is 2.20. The predicted molar refractivity (Wildman–Crippen MR) is 91.5 cm³/mol. The summed E-state index contributed by atoms with van der Waals surface area (Å²) in [6.07, 6.45) is -0.862. The molecule has 1 heterocycles. The number of carbonyl (C=O) groups excluding carboxylic acids is 2. The maximum absolute atomic E-state index is 11.8. The number of non-ortho nitro benzene ring substituents is 1. The summed E-state index contributed by atoms with van der Waals surface area (Å²) in [7, 11) is 0. The first kappa shape index (κ1) is 20.7. The minimum Gasteiger partial charge on any atom is -0.429 e. The van der Waals surface area contributed by atoms with E-state index in [4.69, 9.17) is 14.3 Å². The number of ether oxygens (including phenoxy) is 2. The Labute approximate surface area is 159 Å². The second-order valence-electron chi connectivity index (χ2n) is 6.92. The average Bonchev–Trinajstić information content (AvgIpc) is 3.03. The fraction of sp³-hybridized carbons (Fsp3) is 0.438. The molecule has 2 rings (SSSR count). The van der Waals surface area contributed by atoms with Crippen LogP contribution < -0.4 is 4.84 Å². The standard InChI is InChI=1S/C16H19N5O7/c1-16(2,3)8-14(22)28-20-13(17-18-19-20)10-27-15(23)26-9-11-4-6-12(7-5-11)21(24)25/h4-7H,8-10H2,1-3H3. The normalized spacial score (nSPS) is 11.0. The van der Waals surface area contributed by atoms with E-state index in [2.05, 4.69) is 15.5 Å².